The number of nitrogens with zero attached hydrogens (tertiary/aromatic N) is 1. The first-order valence-corrected chi connectivity index (χ1v) is 6.71. The largest absolute Gasteiger partial charge is 0.318 e. The smallest absolute Gasteiger partial charge is 0.0223 e. The van der Waals surface area contributed by atoms with E-state index in [0.717, 1.165) is 18.0 Å². The third-order valence-corrected chi connectivity index (χ3v) is 4.25. The maximum absolute atomic E-state index is 3.36. The normalized spacial score (nSPS) is 38.4. The fourth-order valence-electron chi connectivity index (χ4n) is 3.44. The Balaban J connectivity index is 1.92. The fourth-order valence-corrected chi connectivity index (χ4v) is 3.44. The summed E-state index contributed by atoms with van der Waals surface area (Å²) in [5, 5.41) is 3.36. The molecule has 0 bridgehead atoms. The number of likely N-dealkylation sites (tertiary alicyclic amines) is 1. The molecule has 1 aliphatic heterocycles. The van der Waals surface area contributed by atoms with E-state index in [1.807, 2.05) is 0 Å². The molecule has 15 heavy (non-hydrogen) atoms. The lowest BCUT2D eigenvalue weighted by Gasteiger charge is -2.40. The molecule has 0 aromatic heterocycles. The van der Waals surface area contributed by atoms with Crippen molar-refractivity contribution >= 4 is 0 Å². The summed E-state index contributed by atoms with van der Waals surface area (Å²) >= 11 is 0. The first-order chi connectivity index (χ1) is 7.31. The van der Waals surface area contributed by atoms with Gasteiger partial charge in [-0.25, -0.2) is 0 Å². The molecule has 2 rings (SSSR count). The van der Waals surface area contributed by atoms with Crippen LogP contribution >= 0.6 is 0 Å². The van der Waals surface area contributed by atoms with Crippen molar-refractivity contribution in [2.45, 2.75) is 57.5 Å². The molecule has 1 N–H and O–H groups in total. The van der Waals surface area contributed by atoms with Crippen LogP contribution in [0.5, 0.6) is 0 Å². The van der Waals surface area contributed by atoms with E-state index in [1.54, 1.807) is 0 Å². The van der Waals surface area contributed by atoms with Gasteiger partial charge in [-0.15, -0.1) is 0 Å². The molecule has 2 heteroatoms. The van der Waals surface area contributed by atoms with Gasteiger partial charge in [0.1, 0.15) is 0 Å². The minimum Gasteiger partial charge on any atom is -0.318 e. The Kier molecular flexibility index (Phi) is 4.04. The molecule has 0 aromatic carbocycles. The number of nitrogens with one attached hydrogen (secondary N) is 1. The monoisotopic (exact) mass is 210 g/mol. The SMILES string of the molecule is CNCC1CCCCN1C1CCC(C)C1. The Morgan fingerprint density at radius 2 is 2.07 bits per heavy atom. The first-order valence-electron chi connectivity index (χ1n) is 6.71. The van der Waals surface area contributed by atoms with Gasteiger partial charge in [-0.2, -0.15) is 0 Å². The van der Waals surface area contributed by atoms with Crippen LogP contribution in [0.2, 0.25) is 0 Å². The van der Waals surface area contributed by atoms with Gasteiger partial charge in [0, 0.05) is 18.6 Å². The van der Waals surface area contributed by atoms with E-state index in [9.17, 15) is 0 Å². The minimum absolute atomic E-state index is 0.819. The van der Waals surface area contributed by atoms with Gasteiger partial charge in [0.05, 0.1) is 0 Å². The molecule has 0 radical (unpaired) electrons. The molecule has 0 amide bonds. The van der Waals surface area contributed by atoms with Gasteiger partial charge < -0.3 is 5.32 Å². The average Bonchev–Trinajstić information content (AvgIpc) is 2.66. The van der Waals surface area contributed by atoms with Crippen molar-refractivity contribution in [1.82, 2.24) is 10.2 Å². The van der Waals surface area contributed by atoms with E-state index in [2.05, 4.69) is 24.2 Å². The molecule has 2 fully saturated rings. The van der Waals surface area contributed by atoms with Crippen molar-refractivity contribution in [2.24, 2.45) is 5.92 Å². The highest BCUT2D eigenvalue weighted by atomic mass is 15.2. The molecule has 3 atom stereocenters. The summed E-state index contributed by atoms with van der Waals surface area (Å²) in [6.07, 6.45) is 8.61. The van der Waals surface area contributed by atoms with E-state index in [1.165, 1.54) is 51.6 Å². The molecule has 1 aliphatic carbocycles. The van der Waals surface area contributed by atoms with Crippen molar-refractivity contribution in [2.75, 3.05) is 20.1 Å². The third-order valence-electron chi connectivity index (χ3n) is 4.25. The van der Waals surface area contributed by atoms with Gasteiger partial charge in [-0.3, -0.25) is 4.90 Å². The van der Waals surface area contributed by atoms with Crippen LogP contribution in [0.1, 0.15) is 45.4 Å². The minimum atomic E-state index is 0.819. The Hall–Kier alpha value is -0.0800. The van der Waals surface area contributed by atoms with Crippen LogP contribution in [0.25, 0.3) is 0 Å². The van der Waals surface area contributed by atoms with Crippen LogP contribution in [0.15, 0.2) is 0 Å². The standard InChI is InChI=1S/C13H26N2/c1-11-6-7-12(9-11)15-8-4-3-5-13(15)10-14-2/h11-14H,3-10H2,1-2H3. The van der Waals surface area contributed by atoms with E-state index in [0.29, 0.717) is 0 Å². The highest BCUT2D eigenvalue weighted by Gasteiger charge is 2.32. The molecular formula is C13H26N2. The van der Waals surface area contributed by atoms with Crippen molar-refractivity contribution in [3.05, 3.63) is 0 Å². The zero-order valence-corrected chi connectivity index (χ0v) is 10.3. The number of rotatable bonds is 3. The average molecular weight is 210 g/mol. The summed E-state index contributed by atoms with van der Waals surface area (Å²) in [6, 6.07) is 1.72. The van der Waals surface area contributed by atoms with E-state index >= 15 is 0 Å². The molecule has 3 unspecified atom stereocenters. The highest BCUT2D eigenvalue weighted by Crippen LogP contribution is 2.32. The van der Waals surface area contributed by atoms with E-state index in [4.69, 9.17) is 0 Å². The summed E-state index contributed by atoms with van der Waals surface area (Å²) in [7, 11) is 2.09. The van der Waals surface area contributed by atoms with Crippen molar-refractivity contribution < 1.29 is 0 Å². The van der Waals surface area contributed by atoms with E-state index < -0.39 is 0 Å². The molecule has 1 saturated carbocycles. The highest BCUT2D eigenvalue weighted by molar-refractivity contribution is 4.88. The first kappa shape index (κ1) is 11.4. The van der Waals surface area contributed by atoms with Crippen molar-refractivity contribution in [3.8, 4) is 0 Å². The summed E-state index contributed by atoms with van der Waals surface area (Å²) in [5.41, 5.74) is 0. The molecule has 1 heterocycles. The second-order valence-electron chi connectivity index (χ2n) is 5.52. The molecule has 1 saturated heterocycles. The number of likely N-dealkylation sites (N-methyl/N-ethyl adjacent to an activating group) is 1. The van der Waals surface area contributed by atoms with E-state index in [-0.39, 0.29) is 0 Å². The summed E-state index contributed by atoms with van der Waals surface area (Å²) in [5.74, 6) is 0.965. The molecule has 0 aromatic rings. The predicted molar refractivity (Wildman–Crippen MR) is 65.1 cm³/mol. The summed E-state index contributed by atoms with van der Waals surface area (Å²) < 4.78 is 0. The fraction of sp³-hybridized carbons (Fsp3) is 1.00. The number of hydrogen-bond donors (Lipinski definition) is 1. The quantitative estimate of drug-likeness (QED) is 0.768. The topological polar surface area (TPSA) is 15.3 Å². The van der Waals surface area contributed by atoms with Crippen LogP contribution in [-0.4, -0.2) is 37.1 Å². The second-order valence-corrected chi connectivity index (χ2v) is 5.52. The Bertz CT molecular complexity index is 186. The van der Waals surface area contributed by atoms with Crippen LogP contribution in [0, 0.1) is 5.92 Å². The van der Waals surface area contributed by atoms with Gasteiger partial charge in [-0.05, 0) is 51.6 Å². The predicted octanol–water partition coefficient (Wildman–Crippen LogP) is 2.25. The number of piperidine rings is 1. The molecule has 2 nitrogen and oxygen atoms in total. The molecule has 88 valence electrons. The maximum atomic E-state index is 3.36. The lowest BCUT2D eigenvalue weighted by Crippen LogP contribution is -2.49. The van der Waals surface area contributed by atoms with Gasteiger partial charge in [0.25, 0.3) is 0 Å². The zero-order chi connectivity index (χ0) is 10.7. The summed E-state index contributed by atoms with van der Waals surface area (Å²) in [6.45, 7) is 4.95. The summed E-state index contributed by atoms with van der Waals surface area (Å²) in [4.78, 5) is 2.81. The van der Waals surface area contributed by atoms with Crippen LogP contribution in [-0.2, 0) is 0 Å². The van der Waals surface area contributed by atoms with Crippen LogP contribution in [0.4, 0.5) is 0 Å². The van der Waals surface area contributed by atoms with Gasteiger partial charge in [0.2, 0.25) is 0 Å². The van der Waals surface area contributed by atoms with Crippen LogP contribution in [0.3, 0.4) is 0 Å². The zero-order valence-electron chi connectivity index (χ0n) is 10.3. The Labute approximate surface area is 94.4 Å². The van der Waals surface area contributed by atoms with Crippen molar-refractivity contribution in [3.63, 3.8) is 0 Å². The molecule has 2 aliphatic rings. The van der Waals surface area contributed by atoms with Crippen molar-refractivity contribution in [1.29, 1.82) is 0 Å². The third kappa shape index (κ3) is 2.73. The second kappa shape index (κ2) is 5.31. The number of hydrogen-bond acceptors (Lipinski definition) is 2. The van der Waals surface area contributed by atoms with Crippen LogP contribution < -0.4 is 5.32 Å². The lowest BCUT2D eigenvalue weighted by atomic mass is 9.98. The molecular weight excluding hydrogens is 184 g/mol. The lowest BCUT2D eigenvalue weighted by molar-refractivity contribution is 0.0955. The maximum Gasteiger partial charge on any atom is 0.0223 e. The Morgan fingerprint density at radius 1 is 1.20 bits per heavy atom. The van der Waals surface area contributed by atoms with Gasteiger partial charge in [-0.1, -0.05) is 13.3 Å². The van der Waals surface area contributed by atoms with Gasteiger partial charge in [0.15, 0.2) is 0 Å². The molecule has 0 spiro atoms. The van der Waals surface area contributed by atoms with Gasteiger partial charge >= 0.3 is 0 Å². The Morgan fingerprint density at radius 3 is 2.73 bits per heavy atom.